The van der Waals surface area contributed by atoms with Crippen molar-refractivity contribution in [3.63, 3.8) is 0 Å². The number of nitrogens with zero attached hydrogens (tertiary/aromatic N) is 2. The summed E-state index contributed by atoms with van der Waals surface area (Å²) in [5, 5.41) is 0. The highest BCUT2D eigenvalue weighted by Gasteiger charge is 2.14. The third-order valence-corrected chi connectivity index (χ3v) is 2.75. The van der Waals surface area contributed by atoms with Gasteiger partial charge in [0.2, 0.25) is 5.75 Å². The summed E-state index contributed by atoms with van der Waals surface area (Å²) in [7, 11) is 8.52. The maximum atomic E-state index is 7.06. The van der Waals surface area contributed by atoms with E-state index in [1.54, 1.807) is 21.3 Å². The SMILES string of the molecule is [C-]#[N+]C=C(C=CN(C)C)c1cc(OC)c(OC)c(OC)c1. The summed E-state index contributed by atoms with van der Waals surface area (Å²) >= 11 is 0. The second-order valence-electron chi connectivity index (χ2n) is 4.41. The van der Waals surface area contributed by atoms with E-state index in [4.69, 9.17) is 20.8 Å². The van der Waals surface area contributed by atoms with Crippen LogP contribution >= 0.6 is 0 Å². The van der Waals surface area contributed by atoms with Crippen molar-refractivity contribution < 1.29 is 14.2 Å². The molecule has 0 saturated heterocycles. The summed E-state index contributed by atoms with van der Waals surface area (Å²) in [6.45, 7) is 7.06. The van der Waals surface area contributed by atoms with E-state index < -0.39 is 0 Å². The standard InChI is InChI=1S/C16H20N2O3/c1-17-11-12(7-8-18(2)3)13-9-14(19-4)16(21-6)15(10-13)20-5/h7-11H,2-6H3. The van der Waals surface area contributed by atoms with Crippen molar-refractivity contribution in [3.05, 3.63) is 47.6 Å². The van der Waals surface area contributed by atoms with Gasteiger partial charge in [0.1, 0.15) is 0 Å². The number of hydrogen-bond acceptors (Lipinski definition) is 4. The fourth-order valence-corrected chi connectivity index (χ4v) is 1.76. The molecular formula is C16H20N2O3. The highest BCUT2D eigenvalue weighted by molar-refractivity contribution is 5.77. The second kappa shape index (κ2) is 7.85. The van der Waals surface area contributed by atoms with Crippen molar-refractivity contribution in [1.82, 2.24) is 4.90 Å². The highest BCUT2D eigenvalue weighted by atomic mass is 16.5. The number of benzene rings is 1. The molecule has 5 heteroatoms. The Hall–Kier alpha value is -2.61. The van der Waals surface area contributed by atoms with Crippen LogP contribution in [0.3, 0.4) is 0 Å². The van der Waals surface area contributed by atoms with Crippen molar-refractivity contribution in [2.75, 3.05) is 35.4 Å². The van der Waals surface area contributed by atoms with Gasteiger partial charge in [0.15, 0.2) is 17.7 Å². The van der Waals surface area contributed by atoms with E-state index in [9.17, 15) is 0 Å². The molecule has 1 aromatic rings. The van der Waals surface area contributed by atoms with E-state index in [-0.39, 0.29) is 0 Å². The fourth-order valence-electron chi connectivity index (χ4n) is 1.76. The first-order valence-electron chi connectivity index (χ1n) is 6.29. The molecule has 0 amide bonds. The molecule has 0 fully saturated rings. The lowest BCUT2D eigenvalue weighted by atomic mass is 10.1. The molecule has 0 saturated carbocycles. The van der Waals surface area contributed by atoms with Gasteiger partial charge in [-0.15, -0.1) is 0 Å². The number of rotatable bonds is 6. The van der Waals surface area contributed by atoms with Gasteiger partial charge in [0.05, 0.1) is 27.9 Å². The third-order valence-electron chi connectivity index (χ3n) is 2.75. The zero-order valence-electron chi connectivity index (χ0n) is 13.0. The van der Waals surface area contributed by atoms with Crippen LogP contribution in [0, 0.1) is 6.57 Å². The molecule has 0 aliphatic rings. The first-order chi connectivity index (χ1) is 10.1. The Kier molecular flexibility index (Phi) is 6.15. The Labute approximate surface area is 125 Å². The molecule has 0 unspecified atom stereocenters. The Morgan fingerprint density at radius 1 is 1.10 bits per heavy atom. The first kappa shape index (κ1) is 16.4. The zero-order valence-corrected chi connectivity index (χ0v) is 13.0. The molecule has 1 aromatic carbocycles. The second-order valence-corrected chi connectivity index (χ2v) is 4.41. The van der Waals surface area contributed by atoms with Gasteiger partial charge in [-0.25, -0.2) is 4.85 Å². The number of ether oxygens (including phenoxy) is 3. The normalized spacial score (nSPS) is 11.1. The van der Waals surface area contributed by atoms with E-state index in [2.05, 4.69) is 4.85 Å². The van der Waals surface area contributed by atoms with E-state index in [1.165, 1.54) is 6.20 Å². The van der Waals surface area contributed by atoms with Gasteiger partial charge in [-0.3, -0.25) is 0 Å². The number of allylic oxidation sites excluding steroid dienone is 2. The predicted octanol–water partition coefficient (Wildman–Crippen LogP) is 3.05. The number of methoxy groups -OCH3 is 3. The van der Waals surface area contributed by atoms with Gasteiger partial charge in [0, 0.05) is 14.1 Å². The van der Waals surface area contributed by atoms with Crippen molar-refractivity contribution in [2.45, 2.75) is 0 Å². The molecule has 0 aromatic heterocycles. The number of hydrogen-bond donors (Lipinski definition) is 0. The van der Waals surface area contributed by atoms with E-state index in [1.807, 2.05) is 43.4 Å². The van der Waals surface area contributed by atoms with Crippen molar-refractivity contribution in [3.8, 4) is 17.2 Å². The van der Waals surface area contributed by atoms with Crippen molar-refractivity contribution in [1.29, 1.82) is 0 Å². The van der Waals surface area contributed by atoms with Crippen LogP contribution in [-0.2, 0) is 0 Å². The van der Waals surface area contributed by atoms with Crippen molar-refractivity contribution in [2.24, 2.45) is 0 Å². The Morgan fingerprint density at radius 2 is 1.67 bits per heavy atom. The van der Waals surface area contributed by atoms with Crippen LogP contribution in [0.1, 0.15) is 5.56 Å². The molecule has 1 rings (SSSR count). The van der Waals surface area contributed by atoms with E-state index in [0.29, 0.717) is 17.2 Å². The van der Waals surface area contributed by atoms with Gasteiger partial charge in [-0.05, 0) is 35.5 Å². The average molecular weight is 288 g/mol. The molecule has 0 radical (unpaired) electrons. The van der Waals surface area contributed by atoms with Crippen LogP contribution < -0.4 is 14.2 Å². The molecule has 112 valence electrons. The molecule has 21 heavy (non-hydrogen) atoms. The Bertz CT molecular complexity index is 559. The average Bonchev–Trinajstić information content (AvgIpc) is 2.49. The molecule has 0 atom stereocenters. The molecular weight excluding hydrogens is 268 g/mol. The summed E-state index contributed by atoms with van der Waals surface area (Å²) in [4.78, 5) is 5.25. The Balaban J connectivity index is 3.40. The summed E-state index contributed by atoms with van der Waals surface area (Å²) in [6, 6.07) is 3.64. The summed E-state index contributed by atoms with van der Waals surface area (Å²) in [5.41, 5.74) is 1.58. The lowest BCUT2D eigenvalue weighted by molar-refractivity contribution is 0.324. The third kappa shape index (κ3) is 4.18. The Morgan fingerprint density at radius 3 is 2.05 bits per heavy atom. The van der Waals surface area contributed by atoms with E-state index >= 15 is 0 Å². The lowest BCUT2D eigenvalue weighted by Gasteiger charge is -2.14. The van der Waals surface area contributed by atoms with Crippen LogP contribution in [0.5, 0.6) is 17.2 Å². The summed E-state index contributed by atoms with van der Waals surface area (Å²) in [5.74, 6) is 1.64. The van der Waals surface area contributed by atoms with Crippen LogP contribution in [0.25, 0.3) is 10.4 Å². The molecule has 0 aliphatic heterocycles. The van der Waals surface area contributed by atoms with Crippen LogP contribution in [0.15, 0.2) is 30.6 Å². The largest absolute Gasteiger partial charge is 0.493 e. The maximum Gasteiger partial charge on any atom is 0.203 e. The van der Waals surface area contributed by atoms with Gasteiger partial charge in [-0.2, -0.15) is 0 Å². The lowest BCUT2D eigenvalue weighted by Crippen LogP contribution is -2.00. The monoisotopic (exact) mass is 288 g/mol. The van der Waals surface area contributed by atoms with Gasteiger partial charge in [-0.1, -0.05) is 0 Å². The molecule has 0 aliphatic carbocycles. The summed E-state index contributed by atoms with van der Waals surface area (Å²) in [6.07, 6.45) is 5.19. The molecule has 0 N–H and O–H groups in total. The molecule has 0 heterocycles. The van der Waals surface area contributed by atoms with Crippen LogP contribution in [0.4, 0.5) is 0 Å². The van der Waals surface area contributed by atoms with E-state index in [0.717, 1.165) is 11.1 Å². The molecule has 5 nitrogen and oxygen atoms in total. The van der Waals surface area contributed by atoms with Gasteiger partial charge >= 0.3 is 0 Å². The minimum atomic E-state index is 0.530. The zero-order chi connectivity index (χ0) is 15.8. The molecule has 0 bridgehead atoms. The predicted molar refractivity (Wildman–Crippen MR) is 83.5 cm³/mol. The summed E-state index contributed by atoms with van der Waals surface area (Å²) < 4.78 is 16.0. The quantitative estimate of drug-likeness (QED) is 0.595. The van der Waals surface area contributed by atoms with Crippen molar-refractivity contribution >= 4 is 5.57 Å². The minimum Gasteiger partial charge on any atom is -0.493 e. The molecule has 0 spiro atoms. The first-order valence-corrected chi connectivity index (χ1v) is 6.29. The fraction of sp³-hybridized carbons (Fsp3) is 0.312. The highest BCUT2D eigenvalue weighted by Crippen LogP contribution is 2.40. The maximum absolute atomic E-state index is 7.06. The smallest absolute Gasteiger partial charge is 0.203 e. The van der Waals surface area contributed by atoms with Gasteiger partial charge < -0.3 is 19.1 Å². The minimum absolute atomic E-state index is 0.530. The van der Waals surface area contributed by atoms with Crippen LogP contribution in [0.2, 0.25) is 0 Å². The van der Waals surface area contributed by atoms with Crippen LogP contribution in [-0.4, -0.2) is 40.3 Å². The van der Waals surface area contributed by atoms with Gasteiger partial charge in [0.25, 0.3) is 0 Å². The topological polar surface area (TPSA) is 35.3 Å².